The maximum atomic E-state index is 12.3. The topological polar surface area (TPSA) is 95.2 Å². The third-order valence-corrected chi connectivity index (χ3v) is 4.79. The molecule has 1 rings (SSSR count). The minimum absolute atomic E-state index is 0.277. The third-order valence-electron chi connectivity index (χ3n) is 3.18. The molecule has 2 N–H and O–H groups in total. The lowest BCUT2D eigenvalue weighted by molar-refractivity contribution is -0.127. The van der Waals surface area contributed by atoms with Gasteiger partial charge in [0.05, 0.1) is 0 Å². The summed E-state index contributed by atoms with van der Waals surface area (Å²) in [4.78, 5) is 13.1. The van der Waals surface area contributed by atoms with E-state index < -0.39 is 21.2 Å². The first-order chi connectivity index (χ1) is 9.56. The van der Waals surface area contributed by atoms with Crippen LogP contribution in [0.1, 0.15) is 32.0 Å². The van der Waals surface area contributed by atoms with Gasteiger partial charge in [-0.05, 0) is 26.2 Å². The standard InChI is InChI=1S/C13H24N4O3S/c1-8(2)7-11-9(3)14-15-12(11)16-21(19,20)10(4)13(18)17(5)6/h8,10H,7H2,1-6H3,(H2,14,15,16)/t10-/m1/s1. The monoisotopic (exact) mass is 316 g/mol. The summed E-state index contributed by atoms with van der Waals surface area (Å²) in [5.41, 5.74) is 1.66. The Labute approximate surface area is 126 Å². The van der Waals surface area contributed by atoms with Crippen LogP contribution in [0.2, 0.25) is 0 Å². The average Bonchev–Trinajstić information content (AvgIpc) is 2.68. The molecule has 120 valence electrons. The SMILES string of the molecule is Cc1[nH]nc(NS(=O)(=O)[C@H](C)C(=O)N(C)C)c1CC(C)C. The second kappa shape index (κ2) is 6.46. The van der Waals surface area contributed by atoms with Crippen LogP contribution in [-0.2, 0) is 21.2 Å². The molecule has 7 nitrogen and oxygen atoms in total. The van der Waals surface area contributed by atoms with Gasteiger partial charge in [0.25, 0.3) is 0 Å². The highest BCUT2D eigenvalue weighted by atomic mass is 32.2. The number of anilines is 1. The maximum Gasteiger partial charge on any atom is 0.245 e. The van der Waals surface area contributed by atoms with Gasteiger partial charge in [0.1, 0.15) is 0 Å². The van der Waals surface area contributed by atoms with Crippen LogP contribution in [0.15, 0.2) is 0 Å². The second-order valence-electron chi connectivity index (χ2n) is 5.80. The fraction of sp³-hybridized carbons (Fsp3) is 0.692. The van der Waals surface area contributed by atoms with Crippen LogP contribution in [0.3, 0.4) is 0 Å². The Morgan fingerprint density at radius 3 is 2.38 bits per heavy atom. The van der Waals surface area contributed by atoms with Gasteiger partial charge < -0.3 is 4.90 Å². The molecule has 0 saturated carbocycles. The van der Waals surface area contributed by atoms with Crippen LogP contribution in [-0.4, -0.2) is 48.8 Å². The number of aromatic amines is 1. The number of carbonyl (C=O) groups is 1. The molecule has 0 aromatic carbocycles. The molecule has 0 unspecified atom stereocenters. The zero-order valence-corrected chi connectivity index (χ0v) is 14.2. The van der Waals surface area contributed by atoms with E-state index in [1.54, 1.807) is 0 Å². The number of nitrogens with one attached hydrogen (secondary N) is 2. The van der Waals surface area contributed by atoms with Crippen molar-refractivity contribution in [3.8, 4) is 0 Å². The Hall–Kier alpha value is -1.57. The Bertz CT molecular complexity index is 605. The average molecular weight is 316 g/mol. The first-order valence-corrected chi connectivity index (χ1v) is 8.37. The third kappa shape index (κ3) is 4.20. The van der Waals surface area contributed by atoms with Crippen molar-refractivity contribution in [1.29, 1.82) is 0 Å². The van der Waals surface area contributed by atoms with Crippen LogP contribution >= 0.6 is 0 Å². The first-order valence-electron chi connectivity index (χ1n) is 6.83. The molecule has 21 heavy (non-hydrogen) atoms. The van der Waals surface area contributed by atoms with Crippen LogP contribution in [0.5, 0.6) is 0 Å². The van der Waals surface area contributed by atoms with Crippen molar-refractivity contribution in [1.82, 2.24) is 15.1 Å². The van der Waals surface area contributed by atoms with E-state index in [9.17, 15) is 13.2 Å². The molecule has 0 radical (unpaired) electrons. The molecule has 0 aliphatic rings. The summed E-state index contributed by atoms with van der Waals surface area (Å²) >= 11 is 0. The number of aryl methyl sites for hydroxylation is 1. The molecule has 1 heterocycles. The van der Waals surface area contributed by atoms with Crippen LogP contribution in [0.4, 0.5) is 5.82 Å². The summed E-state index contributed by atoms with van der Waals surface area (Å²) in [5.74, 6) is 0.171. The van der Waals surface area contributed by atoms with Crippen molar-refractivity contribution >= 4 is 21.7 Å². The molecule has 0 spiro atoms. The summed E-state index contributed by atoms with van der Waals surface area (Å²) in [6, 6.07) is 0. The van der Waals surface area contributed by atoms with Gasteiger partial charge >= 0.3 is 0 Å². The van der Waals surface area contributed by atoms with Gasteiger partial charge in [0.2, 0.25) is 15.9 Å². The van der Waals surface area contributed by atoms with Gasteiger partial charge in [-0.1, -0.05) is 13.8 Å². The van der Waals surface area contributed by atoms with E-state index in [0.717, 1.165) is 11.3 Å². The van der Waals surface area contributed by atoms with Gasteiger partial charge in [-0.25, -0.2) is 8.42 Å². The van der Waals surface area contributed by atoms with E-state index in [4.69, 9.17) is 0 Å². The number of nitrogens with zero attached hydrogens (tertiary/aromatic N) is 2. The van der Waals surface area contributed by atoms with Gasteiger partial charge in [-0.15, -0.1) is 0 Å². The number of amides is 1. The normalized spacial score (nSPS) is 13.3. The number of sulfonamides is 1. The highest BCUT2D eigenvalue weighted by Gasteiger charge is 2.30. The number of hydrogen-bond donors (Lipinski definition) is 2. The largest absolute Gasteiger partial charge is 0.348 e. The van der Waals surface area contributed by atoms with E-state index in [1.807, 2.05) is 20.8 Å². The molecule has 0 saturated heterocycles. The molecule has 1 atom stereocenters. The van der Waals surface area contributed by atoms with E-state index in [-0.39, 0.29) is 5.82 Å². The minimum atomic E-state index is -3.83. The summed E-state index contributed by atoms with van der Waals surface area (Å²) in [5, 5.41) is 5.61. The first kappa shape index (κ1) is 17.5. The van der Waals surface area contributed by atoms with Crippen LogP contribution in [0.25, 0.3) is 0 Å². The molecular weight excluding hydrogens is 292 g/mol. The van der Waals surface area contributed by atoms with Crippen molar-refractivity contribution in [2.24, 2.45) is 5.92 Å². The number of carbonyl (C=O) groups excluding carboxylic acids is 1. The molecule has 8 heteroatoms. The minimum Gasteiger partial charge on any atom is -0.348 e. The quantitative estimate of drug-likeness (QED) is 0.822. The molecular formula is C13H24N4O3S. The predicted molar refractivity (Wildman–Crippen MR) is 82.6 cm³/mol. The van der Waals surface area contributed by atoms with Gasteiger partial charge in [-0.2, -0.15) is 5.10 Å². The Balaban J connectivity index is 3.02. The highest BCUT2D eigenvalue weighted by Crippen LogP contribution is 2.22. The number of hydrogen-bond acceptors (Lipinski definition) is 4. The van der Waals surface area contributed by atoms with Crippen molar-refractivity contribution < 1.29 is 13.2 Å². The van der Waals surface area contributed by atoms with Crippen LogP contribution in [0, 0.1) is 12.8 Å². The summed E-state index contributed by atoms with van der Waals surface area (Å²) in [6.45, 7) is 7.30. The summed E-state index contributed by atoms with van der Waals surface area (Å²) in [7, 11) is -0.776. The number of aromatic nitrogens is 2. The molecule has 0 bridgehead atoms. The lowest BCUT2D eigenvalue weighted by Gasteiger charge is -2.18. The molecule has 1 aromatic rings. The molecule has 1 amide bonds. The Morgan fingerprint density at radius 2 is 1.90 bits per heavy atom. The lowest BCUT2D eigenvalue weighted by Crippen LogP contribution is -2.40. The van der Waals surface area contributed by atoms with Gasteiger partial charge in [0.15, 0.2) is 11.1 Å². The molecule has 0 fully saturated rings. The highest BCUT2D eigenvalue weighted by molar-refractivity contribution is 7.94. The van der Waals surface area contributed by atoms with E-state index in [1.165, 1.54) is 25.9 Å². The van der Waals surface area contributed by atoms with Gasteiger partial charge in [-0.3, -0.25) is 14.6 Å². The van der Waals surface area contributed by atoms with Crippen molar-refractivity contribution in [2.45, 2.75) is 39.4 Å². The Morgan fingerprint density at radius 1 is 1.33 bits per heavy atom. The molecule has 0 aliphatic carbocycles. The lowest BCUT2D eigenvalue weighted by atomic mass is 10.0. The van der Waals surface area contributed by atoms with Gasteiger partial charge in [0, 0.05) is 25.4 Å². The molecule has 1 aromatic heterocycles. The van der Waals surface area contributed by atoms with Crippen molar-refractivity contribution in [2.75, 3.05) is 18.8 Å². The van der Waals surface area contributed by atoms with Crippen molar-refractivity contribution in [3.05, 3.63) is 11.3 Å². The Kier molecular flexibility index (Phi) is 5.38. The van der Waals surface area contributed by atoms with E-state index in [0.29, 0.717) is 12.3 Å². The zero-order chi connectivity index (χ0) is 16.4. The zero-order valence-electron chi connectivity index (χ0n) is 13.4. The van der Waals surface area contributed by atoms with E-state index >= 15 is 0 Å². The summed E-state index contributed by atoms with van der Waals surface area (Å²) < 4.78 is 27.0. The predicted octanol–water partition coefficient (Wildman–Crippen LogP) is 1.14. The van der Waals surface area contributed by atoms with Crippen molar-refractivity contribution in [3.63, 3.8) is 0 Å². The number of rotatable bonds is 6. The number of H-pyrrole nitrogens is 1. The maximum absolute atomic E-state index is 12.3. The molecule has 0 aliphatic heterocycles. The summed E-state index contributed by atoms with van der Waals surface area (Å²) in [6.07, 6.45) is 0.705. The van der Waals surface area contributed by atoms with E-state index in [2.05, 4.69) is 14.9 Å². The smallest absolute Gasteiger partial charge is 0.245 e. The second-order valence-corrected chi connectivity index (χ2v) is 7.80. The fourth-order valence-electron chi connectivity index (χ4n) is 1.91. The van der Waals surface area contributed by atoms with Crippen LogP contribution < -0.4 is 4.72 Å². The fourth-order valence-corrected chi connectivity index (χ4v) is 3.01.